The number of benzene rings is 1. The van der Waals surface area contributed by atoms with E-state index in [1.165, 1.54) is 0 Å². The van der Waals surface area contributed by atoms with Gasteiger partial charge in [0.15, 0.2) is 11.0 Å². The Balaban J connectivity index is 1.45. The molecule has 2 aromatic heterocycles. The number of nitrogens with one attached hydrogen (secondary N) is 2. The largest absolute Gasteiger partial charge is 0.366 e. The van der Waals surface area contributed by atoms with Crippen LogP contribution in [0.15, 0.2) is 29.1 Å². The van der Waals surface area contributed by atoms with Crippen LogP contribution >= 0.6 is 11.6 Å². The molecule has 1 amide bonds. The van der Waals surface area contributed by atoms with E-state index < -0.39 is 5.82 Å². The van der Waals surface area contributed by atoms with E-state index in [2.05, 4.69) is 30.1 Å². The molecule has 1 aliphatic rings. The number of nitrogens with zero attached hydrogens (tertiary/aromatic N) is 4. The highest BCUT2D eigenvalue weighted by Gasteiger charge is 2.22. The van der Waals surface area contributed by atoms with Gasteiger partial charge in [-0.2, -0.15) is 0 Å². The molecule has 31 heavy (non-hydrogen) atoms. The number of aryl methyl sites for hydroxylation is 1. The zero-order valence-electron chi connectivity index (χ0n) is 17.2. The average Bonchev–Trinajstić information content (AvgIpc) is 2.77. The van der Waals surface area contributed by atoms with Gasteiger partial charge in [-0.15, -0.1) is 0 Å². The fourth-order valence-corrected chi connectivity index (χ4v) is 3.96. The number of fused-ring (bicyclic) bond motifs is 1. The molecule has 1 saturated heterocycles. The molecular formula is C21H22ClFN6O2. The van der Waals surface area contributed by atoms with E-state index >= 15 is 0 Å². The zero-order chi connectivity index (χ0) is 22.1. The smallest absolute Gasteiger partial charge is 0.269 e. The first-order valence-corrected chi connectivity index (χ1v) is 10.3. The van der Waals surface area contributed by atoms with E-state index in [9.17, 15) is 14.0 Å². The summed E-state index contributed by atoms with van der Waals surface area (Å²) in [6, 6.07) is 6.89. The number of carbonyl (C=O) groups excluding carboxylic acids is 1. The van der Waals surface area contributed by atoms with Gasteiger partial charge in [-0.25, -0.2) is 14.4 Å². The van der Waals surface area contributed by atoms with Crippen molar-refractivity contribution in [2.24, 2.45) is 0 Å². The molecule has 1 aromatic carbocycles. The fraction of sp³-hybridized carbons (Fsp3) is 0.333. The summed E-state index contributed by atoms with van der Waals surface area (Å²) in [6.07, 6.45) is 0. The van der Waals surface area contributed by atoms with Crippen molar-refractivity contribution in [3.05, 3.63) is 62.5 Å². The monoisotopic (exact) mass is 444 g/mol. The molecule has 1 aliphatic heterocycles. The molecule has 162 valence electrons. The first-order chi connectivity index (χ1) is 14.9. The molecule has 2 N–H and O–H groups in total. The molecule has 0 atom stereocenters. The minimum absolute atomic E-state index is 0.140. The van der Waals surface area contributed by atoms with Crippen LogP contribution in [-0.2, 0) is 6.54 Å². The highest BCUT2D eigenvalue weighted by Crippen LogP contribution is 2.26. The van der Waals surface area contributed by atoms with Gasteiger partial charge in [0.05, 0.1) is 11.2 Å². The first kappa shape index (κ1) is 21.2. The minimum Gasteiger partial charge on any atom is -0.366 e. The highest BCUT2D eigenvalue weighted by atomic mass is 35.5. The molecule has 0 radical (unpaired) electrons. The molecule has 0 aliphatic carbocycles. The number of pyridine rings is 1. The summed E-state index contributed by atoms with van der Waals surface area (Å²) in [5.74, 6) is -0.732. The van der Waals surface area contributed by atoms with Crippen LogP contribution in [0.5, 0.6) is 0 Å². The number of amides is 1. The van der Waals surface area contributed by atoms with Gasteiger partial charge in [0.2, 0.25) is 0 Å². The van der Waals surface area contributed by atoms with E-state index in [1.54, 1.807) is 38.2 Å². The maximum atomic E-state index is 15.0. The van der Waals surface area contributed by atoms with Gasteiger partial charge in [0, 0.05) is 45.3 Å². The number of anilines is 1. The van der Waals surface area contributed by atoms with Gasteiger partial charge in [0.1, 0.15) is 16.9 Å². The third-order valence-corrected chi connectivity index (χ3v) is 5.73. The van der Waals surface area contributed by atoms with Crippen LogP contribution in [0.25, 0.3) is 11.0 Å². The van der Waals surface area contributed by atoms with Crippen molar-refractivity contribution >= 4 is 34.2 Å². The van der Waals surface area contributed by atoms with Crippen molar-refractivity contribution in [3.8, 4) is 0 Å². The van der Waals surface area contributed by atoms with Gasteiger partial charge in [-0.1, -0.05) is 17.7 Å². The summed E-state index contributed by atoms with van der Waals surface area (Å²) in [6.45, 7) is 4.80. The van der Waals surface area contributed by atoms with Gasteiger partial charge in [-0.3, -0.25) is 14.5 Å². The second kappa shape index (κ2) is 8.60. The van der Waals surface area contributed by atoms with Crippen molar-refractivity contribution in [1.82, 2.24) is 25.2 Å². The molecule has 0 spiro atoms. The average molecular weight is 445 g/mol. The van der Waals surface area contributed by atoms with E-state index in [4.69, 9.17) is 11.6 Å². The lowest BCUT2D eigenvalue weighted by molar-refractivity contribution is 0.0958. The number of H-pyrrole nitrogens is 1. The standard InChI is InChI=1S/C21H22ClFN6O2/c1-12-20(30)27-18-14(25-12)4-3-13(17(18)23)11-28-7-9-29(10-8-28)16-6-5-15(21(31)24-2)26-19(16)22/h3-6H,7-11H2,1-2H3,(H,24,31)(H,27,30). The van der Waals surface area contributed by atoms with Crippen LogP contribution in [-0.4, -0.2) is 59.0 Å². The predicted molar refractivity (Wildman–Crippen MR) is 117 cm³/mol. The van der Waals surface area contributed by atoms with Gasteiger partial charge >= 0.3 is 0 Å². The van der Waals surface area contributed by atoms with Crippen LogP contribution in [0.3, 0.4) is 0 Å². The number of aromatic amines is 1. The number of hydrogen-bond donors (Lipinski definition) is 2. The third kappa shape index (κ3) is 4.24. The van der Waals surface area contributed by atoms with Crippen molar-refractivity contribution in [3.63, 3.8) is 0 Å². The second-order valence-corrected chi connectivity index (χ2v) is 7.79. The summed E-state index contributed by atoms with van der Waals surface area (Å²) in [5, 5.41) is 2.80. The van der Waals surface area contributed by atoms with Crippen molar-refractivity contribution < 1.29 is 9.18 Å². The van der Waals surface area contributed by atoms with Gasteiger partial charge in [0.25, 0.3) is 11.5 Å². The summed E-state index contributed by atoms with van der Waals surface area (Å²) >= 11 is 6.30. The molecule has 8 nitrogen and oxygen atoms in total. The predicted octanol–water partition coefficient (Wildman–Crippen LogP) is 2.10. The first-order valence-electron chi connectivity index (χ1n) is 9.91. The Morgan fingerprint density at radius 3 is 2.61 bits per heavy atom. The zero-order valence-corrected chi connectivity index (χ0v) is 18.0. The minimum atomic E-state index is -0.443. The number of aromatic nitrogens is 3. The number of hydrogen-bond acceptors (Lipinski definition) is 6. The van der Waals surface area contributed by atoms with E-state index in [0.29, 0.717) is 49.5 Å². The van der Waals surface area contributed by atoms with Crippen LogP contribution in [0.2, 0.25) is 5.15 Å². The summed E-state index contributed by atoms with van der Waals surface area (Å²) in [5.41, 5.74) is 2.05. The molecule has 0 unspecified atom stereocenters. The van der Waals surface area contributed by atoms with Crippen LogP contribution in [0, 0.1) is 12.7 Å². The van der Waals surface area contributed by atoms with Crippen LogP contribution < -0.4 is 15.8 Å². The topological polar surface area (TPSA) is 94.2 Å². The Labute approximate surface area is 183 Å². The summed E-state index contributed by atoms with van der Waals surface area (Å²) < 4.78 is 15.0. The lowest BCUT2D eigenvalue weighted by atomic mass is 10.1. The lowest BCUT2D eigenvalue weighted by Gasteiger charge is -2.36. The lowest BCUT2D eigenvalue weighted by Crippen LogP contribution is -2.46. The molecule has 1 fully saturated rings. The molecule has 0 bridgehead atoms. The van der Waals surface area contributed by atoms with Crippen molar-refractivity contribution in [1.29, 1.82) is 0 Å². The number of rotatable bonds is 4. The quantitative estimate of drug-likeness (QED) is 0.598. The Morgan fingerprint density at radius 1 is 1.19 bits per heavy atom. The Hall–Kier alpha value is -3.04. The highest BCUT2D eigenvalue weighted by molar-refractivity contribution is 6.32. The molecule has 10 heteroatoms. The van der Waals surface area contributed by atoms with Crippen LogP contribution in [0.1, 0.15) is 21.7 Å². The van der Waals surface area contributed by atoms with Crippen molar-refractivity contribution in [2.75, 3.05) is 38.1 Å². The van der Waals surface area contributed by atoms with Crippen LogP contribution in [0.4, 0.5) is 10.1 Å². The normalized spacial score (nSPS) is 14.8. The number of piperazine rings is 1. The van der Waals surface area contributed by atoms with Gasteiger partial charge in [-0.05, 0) is 25.1 Å². The van der Waals surface area contributed by atoms with E-state index in [1.807, 2.05) is 0 Å². The summed E-state index contributed by atoms with van der Waals surface area (Å²) in [7, 11) is 1.54. The van der Waals surface area contributed by atoms with E-state index in [-0.39, 0.29) is 27.8 Å². The third-order valence-electron chi connectivity index (χ3n) is 5.45. The molecule has 4 rings (SSSR count). The number of halogens is 2. The molecule has 3 aromatic rings. The SMILES string of the molecule is CNC(=O)c1ccc(N2CCN(Cc3ccc4nc(C)c(=O)[nH]c4c3F)CC2)c(Cl)n1. The second-order valence-electron chi connectivity index (χ2n) is 7.43. The maximum Gasteiger partial charge on any atom is 0.269 e. The Kier molecular flexibility index (Phi) is 5.88. The molecule has 0 saturated carbocycles. The van der Waals surface area contributed by atoms with Crippen molar-refractivity contribution in [2.45, 2.75) is 13.5 Å². The Bertz CT molecular complexity index is 1210. The maximum absolute atomic E-state index is 15.0. The molecular weight excluding hydrogens is 423 g/mol. The Morgan fingerprint density at radius 2 is 1.94 bits per heavy atom. The number of carbonyl (C=O) groups is 1. The summed E-state index contributed by atoms with van der Waals surface area (Å²) in [4.78, 5) is 38.7. The van der Waals surface area contributed by atoms with Gasteiger partial charge < -0.3 is 15.2 Å². The van der Waals surface area contributed by atoms with E-state index in [0.717, 1.165) is 5.69 Å². The fourth-order valence-electron chi connectivity index (χ4n) is 3.68. The molecule has 3 heterocycles.